The normalized spacial score (nSPS) is 17.8. The van der Waals surface area contributed by atoms with Gasteiger partial charge in [0.05, 0.1) is 13.5 Å². The van der Waals surface area contributed by atoms with Crippen LogP contribution in [0, 0.1) is 17.6 Å². The number of amides is 1. The Morgan fingerprint density at radius 1 is 1.18 bits per heavy atom. The van der Waals surface area contributed by atoms with Crippen LogP contribution in [-0.4, -0.2) is 35.5 Å². The first-order valence-corrected chi connectivity index (χ1v) is 8.97. The maximum Gasteiger partial charge on any atom is 0.305 e. The zero-order valence-corrected chi connectivity index (χ0v) is 15.4. The lowest BCUT2D eigenvalue weighted by atomic mass is 10.1. The number of carboxylic acid groups (broad SMARTS) is 1. The molecule has 5 nitrogen and oxygen atoms in total. The fourth-order valence-electron chi connectivity index (χ4n) is 3.30. The summed E-state index contributed by atoms with van der Waals surface area (Å²) in [6, 6.07) is 10.9. The van der Waals surface area contributed by atoms with E-state index in [9.17, 15) is 18.4 Å². The second kappa shape index (κ2) is 8.37. The molecule has 1 fully saturated rings. The minimum atomic E-state index is -1.02. The molecule has 1 amide bonds. The molecule has 148 valence electrons. The number of ether oxygens (including phenoxy) is 1. The van der Waals surface area contributed by atoms with Gasteiger partial charge < -0.3 is 14.7 Å². The van der Waals surface area contributed by atoms with Gasteiger partial charge in [0.1, 0.15) is 5.75 Å². The van der Waals surface area contributed by atoms with Crippen LogP contribution >= 0.6 is 0 Å². The van der Waals surface area contributed by atoms with E-state index in [-0.39, 0.29) is 37.3 Å². The fraction of sp³-hybridized carbons (Fsp3) is 0.333. The first-order valence-electron chi connectivity index (χ1n) is 8.97. The van der Waals surface area contributed by atoms with Gasteiger partial charge in [-0.3, -0.25) is 9.59 Å². The number of carboxylic acids is 1. The molecule has 0 radical (unpaired) electrons. The van der Waals surface area contributed by atoms with Crippen LogP contribution in [0.4, 0.5) is 8.78 Å². The quantitative estimate of drug-likeness (QED) is 0.749. The largest absolute Gasteiger partial charge is 0.497 e. The number of aliphatic carboxylic acids is 1. The number of rotatable bonds is 8. The van der Waals surface area contributed by atoms with E-state index < -0.39 is 17.6 Å². The Bertz CT molecular complexity index is 886. The summed E-state index contributed by atoms with van der Waals surface area (Å²) in [6.07, 6.45) is 0.444. The molecular formula is C21H21F2NO4. The highest BCUT2D eigenvalue weighted by Gasteiger charge is 2.45. The minimum absolute atomic E-state index is 0.00843. The monoisotopic (exact) mass is 389 g/mol. The summed E-state index contributed by atoms with van der Waals surface area (Å²) in [5.41, 5.74) is 1.40. The van der Waals surface area contributed by atoms with Crippen LogP contribution in [0.1, 0.15) is 29.9 Å². The average molecular weight is 389 g/mol. The highest BCUT2D eigenvalue weighted by Crippen LogP contribution is 2.49. The molecule has 0 saturated heterocycles. The van der Waals surface area contributed by atoms with Gasteiger partial charge in [0, 0.05) is 19.0 Å². The van der Waals surface area contributed by atoms with Gasteiger partial charge in [-0.15, -0.1) is 0 Å². The van der Waals surface area contributed by atoms with Crippen molar-refractivity contribution in [3.05, 3.63) is 65.2 Å². The number of nitrogens with zero attached hydrogens (tertiary/aromatic N) is 1. The first-order chi connectivity index (χ1) is 13.4. The smallest absolute Gasteiger partial charge is 0.305 e. The van der Waals surface area contributed by atoms with Crippen LogP contribution in [0.15, 0.2) is 42.5 Å². The second-order valence-electron chi connectivity index (χ2n) is 6.88. The molecule has 2 aromatic carbocycles. The van der Waals surface area contributed by atoms with Gasteiger partial charge in [0.15, 0.2) is 11.6 Å². The van der Waals surface area contributed by atoms with E-state index in [4.69, 9.17) is 9.84 Å². The summed E-state index contributed by atoms with van der Waals surface area (Å²) in [7, 11) is 1.57. The molecule has 1 aliphatic carbocycles. The molecule has 2 atom stereocenters. The van der Waals surface area contributed by atoms with E-state index in [1.165, 1.54) is 11.0 Å². The number of hydrogen-bond acceptors (Lipinski definition) is 3. The number of carbonyl (C=O) groups excluding carboxylic acids is 1. The Morgan fingerprint density at radius 2 is 1.96 bits per heavy atom. The SMILES string of the molecule is COc1cccc(C2CC2C(=O)N(CCC(=O)O)Cc2ccc(F)c(F)c2)c1. The number of halogens is 2. The van der Waals surface area contributed by atoms with Crippen molar-refractivity contribution in [1.29, 1.82) is 0 Å². The van der Waals surface area contributed by atoms with Crippen LogP contribution in [0.2, 0.25) is 0 Å². The van der Waals surface area contributed by atoms with Gasteiger partial charge in [-0.1, -0.05) is 18.2 Å². The number of carbonyl (C=O) groups is 2. The molecule has 7 heteroatoms. The standard InChI is InChI=1S/C21H21F2NO4/c1-28-15-4-2-3-14(10-15)16-11-17(16)21(27)24(8-7-20(25)26)12-13-5-6-18(22)19(23)9-13/h2-6,9-10,16-17H,7-8,11-12H2,1H3,(H,25,26). The van der Waals surface area contributed by atoms with E-state index in [2.05, 4.69) is 0 Å². The Morgan fingerprint density at radius 3 is 2.64 bits per heavy atom. The molecule has 0 heterocycles. The Balaban J connectivity index is 1.73. The summed E-state index contributed by atoms with van der Waals surface area (Å²) >= 11 is 0. The zero-order valence-electron chi connectivity index (χ0n) is 15.4. The molecule has 2 aromatic rings. The van der Waals surface area contributed by atoms with E-state index in [1.807, 2.05) is 24.3 Å². The second-order valence-corrected chi connectivity index (χ2v) is 6.88. The topological polar surface area (TPSA) is 66.8 Å². The van der Waals surface area contributed by atoms with Gasteiger partial charge in [0.2, 0.25) is 5.91 Å². The summed E-state index contributed by atoms with van der Waals surface area (Å²) < 4.78 is 31.8. The molecule has 3 rings (SSSR count). The molecule has 28 heavy (non-hydrogen) atoms. The third-order valence-electron chi connectivity index (χ3n) is 4.89. The van der Waals surface area contributed by atoms with Crippen LogP contribution < -0.4 is 4.74 Å². The van der Waals surface area contributed by atoms with Crippen LogP contribution in [0.3, 0.4) is 0 Å². The van der Waals surface area contributed by atoms with Crippen LogP contribution in [-0.2, 0) is 16.1 Å². The van der Waals surface area contributed by atoms with Crippen molar-refractivity contribution in [3.63, 3.8) is 0 Å². The van der Waals surface area contributed by atoms with Crippen molar-refractivity contribution in [1.82, 2.24) is 4.90 Å². The van der Waals surface area contributed by atoms with E-state index >= 15 is 0 Å². The number of benzene rings is 2. The van der Waals surface area contributed by atoms with Crippen LogP contribution in [0.5, 0.6) is 5.75 Å². The van der Waals surface area contributed by atoms with E-state index in [0.29, 0.717) is 17.7 Å². The van der Waals surface area contributed by atoms with E-state index in [0.717, 1.165) is 17.7 Å². The van der Waals surface area contributed by atoms with Gasteiger partial charge in [-0.2, -0.15) is 0 Å². The Kier molecular flexibility index (Phi) is 5.92. The first kappa shape index (κ1) is 19.8. The fourth-order valence-corrected chi connectivity index (χ4v) is 3.30. The third kappa shape index (κ3) is 4.65. The summed E-state index contributed by atoms with van der Waals surface area (Å²) in [5, 5.41) is 8.97. The van der Waals surface area contributed by atoms with Crippen LogP contribution in [0.25, 0.3) is 0 Å². The zero-order chi connectivity index (χ0) is 20.3. The molecule has 0 bridgehead atoms. The van der Waals surface area contributed by atoms with Crippen molar-refractivity contribution in [2.24, 2.45) is 5.92 Å². The summed E-state index contributed by atoms with van der Waals surface area (Å²) in [4.78, 5) is 25.3. The highest BCUT2D eigenvalue weighted by molar-refractivity contribution is 5.83. The molecule has 1 aliphatic rings. The number of hydrogen-bond donors (Lipinski definition) is 1. The predicted octanol–water partition coefficient (Wildman–Crippen LogP) is 3.58. The van der Waals surface area contributed by atoms with Crippen molar-refractivity contribution in [2.45, 2.75) is 25.3 Å². The molecule has 2 unspecified atom stereocenters. The summed E-state index contributed by atoms with van der Waals surface area (Å²) in [6.45, 7) is 0.0408. The van der Waals surface area contributed by atoms with Gasteiger partial charge in [-0.25, -0.2) is 8.78 Å². The van der Waals surface area contributed by atoms with Crippen molar-refractivity contribution in [3.8, 4) is 5.75 Å². The minimum Gasteiger partial charge on any atom is -0.497 e. The maximum absolute atomic E-state index is 13.5. The van der Waals surface area contributed by atoms with Gasteiger partial charge in [0.25, 0.3) is 0 Å². The predicted molar refractivity (Wildman–Crippen MR) is 97.9 cm³/mol. The maximum atomic E-state index is 13.5. The van der Waals surface area contributed by atoms with Gasteiger partial charge >= 0.3 is 5.97 Å². The van der Waals surface area contributed by atoms with Crippen molar-refractivity contribution < 1.29 is 28.2 Å². The van der Waals surface area contributed by atoms with Gasteiger partial charge in [-0.05, 0) is 47.7 Å². The lowest BCUT2D eigenvalue weighted by Crippen LogP contribution is -2.34. The average Bonchev–Trinajstić information content (AvgIpc) is 3.48. The lowest BCUT2D eigenvalue weighted by Gasteiger charge is -2.22. The van der Waals surface area contributed by atoms with Crippen molar-refractivity contribution >= 4 is 11.9 Å². The molecule has 0 aliphatic heterocycles. The Labute approximate surface area is 161 Å². The summed E-state index contributed by atoms with van der Waals surface area (Å²) in [5.74, 6) is -2.68. The Hall–Kier alpha value is -2.96. The third-order valence-corrected chi connectivity index (χ3v) is 4.89. The van der Waals surface area contributed by atoms with E-state index in [1.54, 1.807) is 7.11 Å². The molecule has 0 spiro atoms. The molecule has 0 aromatic heterocycles. The highest BCUT2D eigenvalue weighted by atomic mass is 19.2. The number of methoxy groups -OCH3 is 1. The van der Waals surface area contributed by atoms with Crippen molar-refractivity contribution in [2.75, 3.05) is 13.7 Å². The molecule has 1 N–H and O–H groups in total. The molecule has 1 saturated carbocycles. The molecular weight excluding hydrogens is 368 g/mol. The lowest BCUT2D eigenvalue weighted by molar-refractivity contribution is -0.139.